The molecular formula is C24H27NO4. The average molecular weight is 393 g/mol. The van der Waals surface area contributed by atoms with E-state index in [0.29, 0.717) is 5.71 Å². The van der Waals surface area contributed by atoms with Crippen LogP contribution in [0.15, 0.2) is 77.4 Å². The fourth-order valence-electron chi connectivity index (χ4n) is 2.58. The SMILES string of the molecule is COC(=O)C(C)/C=C(\N=C(c1ccccc1)c1ccccc1)C(=O)OC(C)(C)C. The summed E-state index contributed by atoms with van der Waals surface area (Å²) < 4.78 is 10.3. The second-order valence-corrected chi connectivity index (χ2v) is 7.56. The third-order valence-electron chi connectivity index (χ3n) is 3.92. The van der Waals surface area contributed by atoms with E-state index >= 15 is 0 Å². The number of ether oxygens (including phenoxy) is 2. The van der Waals surface area contributed by atoms with Gasteiger partial charge in [-0.25, -0.2) is 9.79 Å². The van der Waals surface area contributed by atoms with Gasteiger partial charge in [-0.3, -0.25) is 4.79 Å². The van der Waals surface area contributed by atoms with Crippen molar-refractivity contribution in [1.82, 2.24) is 0 Å². The molecule has 29 heavy (non-hydrogen) atoms. The van der Waals surface area contributed by atoms with Crippen LogP contribution < -0.4 is 0 Å². The lowest BCUT2D eigenvalue weighted by molar-refractivity contribution is -0.149. The van der Waals surface area contributed by atoms with E-state index in [-0.39, 0.29) is 5.70 Å². The van der Waals surface area contributed by atoms with Gasteiger partial charge < -0.3 is 9.47 Å². The highest BCUT2D eigenvalue weighted by Gasteiger charge is 2.23. The number of esters is 2. The first-order chi connectivity index (χ1) is 13.7. The van der Waals surface area contributed by atoms with Gasteiger partial charge in [-0.2, -0.15) is 0 Å². The Morgan fingerprint density at radius 1 is 0.931 bits per heavy atom. The number of methoxy groups -OCH3 is 1. The fourth-order valence-corrected chi connectivity index (χ4v) is 2.58. The van der Waals surface area contributed by atoms with Gasteiger partial charge in [0, 0.05) is 11.1 Å². The first-order valence-corrected chi connectivity index (χ1v) is 9.44. The van der Waals surface area contributed by atoms with Gasteiger partial charge in [0.05, 0.1) is 18.7 Å². The Hall–Kier alpha value is -3.21. The topological polar surface area (TPSA) is 65.0 Å². The predicted octanol–water partition coefficient (Wildman–Crippen LogP) is 4.56. The van der Waals surface area contributed by atoms with Crippen molar-refractivity contribution in [2.45, 2.75) is 33.3 Å². The highest BCUT2D eigenvalue weighted by atomic mass is 16.6. The lowest BCUT2D eigenvalue weighted by Gasteiger charge is -2.20. The highest BCUT2D eigenvalue weighted by Crippen LogP contribution is 2.18. The van der Waals surface area contributed by atoms with Crippen LogP contribution in [0.1, 0.15) is 38.8 Å². The Bertz CT molecular complexity index is 852. The second-order valence-electron chi connectivity index (χ2n) is 7.56. The van der Waals surface area contributed by atoms with Crippen LogP contribution in [0.5, 0.6) is 0 Å². The monoisotopic (exact) mass is 393 g/mol. The quantitative estimate of drug-likeness (QED) is 0.410. The molecular weight excluding hydrogens is 366 g/mol. The molecule has 0 heterocycles. The number of benzene rings is 2. The number of aliphatic imine (C=N–C) groups is 1. The van der Waals surface area contributed by atoms with Crippen molar-refractivity contribution in [3.8, 4) is 0 Å². The van der Waals surface area contributed by atoms with Gasteiger partial charge in [-0.1, -0.05) is 60.7 Å². The van der Waals surface area contributed by atoms with Crippen molar-refractivity contribution in [2.75, 3.05) is 7.11 Å². The molecule has 1 unspecified atom stereocenters. The van der Waals surface area contributed by atoms with Crippen LogP contribution in [0.2, 0.25) is 0 Å². The molecule has 0 amide bonds. The summed E-state index contributed by atoms with van der Waals surface area (Å²) in [6.07, 6.45) is 1.48. The summed E-state index contributed by atoms with van der Waals surface area (Å²) in [4.78, 5) is 29.4. The number of hydrogen-bond acceptors (Lipinski definition) is 5. The summed E-state index contributed by atoms with van der Waals surface area (Å²) in [6.45, 7) is 7.00. The van der Waals surface area contributed by atoms with Gasteiger partial charge in [0.2, 0.25) is 0 Å². The number of carbonyl (C=O) groups is 2. The minimum atomic E-state index is -0.695. The molecule has 0 saturated heterocycles. The van der Waals surface area contributed by atoms with Crippen LogP contribution in [0.25, 0.3) is 0 Å². The largest absolute Gasteiger partial charge is 0.469 e. The molecule has 0 aliphatic rings. The van der Waals surface area contributed by atoms with Crippen LogP contribution >= 0.6 is 0 Å². The van der Waals surface area contributed by atoms with E-state index in [2.05, 4.69) is 4.99 Å². The van der Waals surface area contributed by atoms with Crippen LogP contribution in [-0.2, 0) is 19.1 Å². The summed E-state index contributed by atoms with van der Waals surface area (Å²) in [6, 6.07) is 19.1. The number of rotatable bonds is 6. The lowest BCUT2D eigenvalue weighted by atomic mass is 10.0. The molecule has 0 aliphatic heterocycles. The van der Waals surface area contributed by atoms with E-state index < -0.39 is 23.5 Å². The summed E-state index contributed by atoms with van der Waals surface area (Å²) in [7, 11) is 1.31. The maximum absolute atomic E-state index is 12.9. The van der Waals surface area contributed by atoms with Crippen LogP contribution in [0.4, 0.5) is 0 Å². The van der Waals surface area contributed by atoms with Gasteiger partial charge in [0.1, 0.15) is 11.3 Å². The summed E-state index contributed by atoms with van der Waals surface area (Å²) >= 11 is 0. The molecule has 0 saturated carbocycles. The summed E-state index contributed by atoms with van der Waals surface area (Å²) in [5, 5.41) is 0. The minimum absolute atomic E-state index is 0.0560. The van der Waals surface area contributed by atoms with Crippen molar-refractivity contribution in [3.63, 3.8) is 0 Å². The number of carbonyl (C=O) groups excluding carboxylic acids is 2. The molecule has 0 bridgehead atoms. The summed E-state index contributed by atoms with van der Waals surface area (Å²) in [5.41, 5.74) is 1.67. The van der Waals surface area contributed by atoms with E-state index in [4.69, 9.17) is 9.47 Å². The molecule has 0 aromatic heterocycles. The molecule has 2 aromatic rings. The van der Waals surface area contributed by atoms with Crippen LogP contribution in [0.3, 0.4) is 0 Å². The maximum atomic E-state index is 12.9. The van der Waals surface area contributed by atoms with E-state index in [9.17, 15) is 9.59 Å². The third kappa shape index (κ3) is 6.71. The Balaban J connectivity index is 2.61. The first kappa shape index (κ1) is 22.1. The van der Waals surface area contributed by atoms with Gasteiger partial charge >= 0.3 is 11.9 Å². The van der Waals surface area contributed by atoms with Crippen LogP contribution in [0, 0.1) is 5.92 Å². The zero-order chi connectivity index (χ0) is 21.4. The standard InChI is InChI=1S/C24H27NO4/c1-17(22(26)28-5)16-20(23(27)29-24(2,3)4)25-21(18-12-8-6-9-13-18)19-14-10-7-11-15-19/h6-17H,1-5H3/b20-16-. The van der Waals surface area contributed by atoms with Gasteiger partial charge in [0.25, 0.3) is 0 Å². The minimum Gasteiger partial charge on any atom is -0.469 e. The first-order valence-electron chi connectivity index (χ1n) is 9.44. The molecule has 0 N–H and O–H groups in total. The Morgan fingerprint density at radius 2 is 1.41 bits per heavy atom. The van der Waals surface area contributed by atoms with Crippen LogP contribution in [-0.4, -0.2) is 30.4 Å². The maximum Gasteiger partial charge on any atom is 0.357 e. The Morgan fingerprint density at radius 3 is 1.83 bits per heavy atom. The molecule has 1 atom stereocenters. The second kappa shape index (κ2) is 9.82. The van der Waals surface area contributed by atoms with E-state index in [0.717, 1.165) is 11.1 Å². The number of nitrogens with zero attached hydrogens (tertiary/aromatic N) is 1. The molecule has 2 aromatic carbocycles. The smallest absolute Gasteiger partial charge is 0.357 e. The van der Waals surface area contributed by atoms with Crippen molar-refractivity contribution in [3.05, 3.63) is 83.6 Å². The molecule has 152 valence electrons. The summed E-state index contributed by atoms with van der Waals surface area (Å²) in [5.74, 6) is -1.71. The number of hydrogen-bond donors (Lipinski definition) is 0. The van der Waals surface area contributed by atoms with Crippen molar-refractivity contribution in [1.29, 1.82) is 0 Å². The lowest BCUT2D eigenvalue weighted by Crippen LogP contribution is -2.25. The molecule has 0 radical (unpaired) electrons. The molecule has 5 nitrogen and oxygen atoms in total. The van der Waals surface area contributed by atoms with Crippen molar-refractivity contribution >= 4 is 17.7 Å². The zero-order valence-electron chi connectivity index (χ0n) is 17.5. The third-order valence-corrected chi connectivity index (χ3v) is 3.92. The average Bonchev–Trinajstić information content (AvgIpc) is 2.70. The normalized spacial score (nSPS) is 12.7. The van der Waals surface area contributed by atoms with Crippen molar-refractivity contribution < 1.29 is 19.1 Å². The van der Waals surface area contributed by atoms with Gasteiger partial charge in [0.15, 0.2) is 0 Å². The molecule has 0 spiro atoms. The zero-order valence-corrected chi connectivity index (χ0v) is 17.5. The highest BCUT2D eigenvalue weighted by molar-refractivity contribution is 6.14. The van der Waals surface area contributed by atoms with Gasteiger partial charge in [-0.05, 0) is 33.8 Å². The Labute approximate surface area is 172 Å². The van der Waals surface area contributed by atoms with E-state index in [1.54, 1.807) is 27.7 Å². The molecule has 0 fully saturated rings. The van der Waals surface area contributed by atoms with Gasteiger partial charge in [-0.15, -0.1) is 0 Å². The van der Waals surface area contributed by atoms with Crippen molar-refractivity contribution in [2.24, 2.45) is 10.9 Å². The Kier molecular flexibility index (Phi) is 7.48. The fraction of sp³-hybridized carbons (Fsp3) is 0.292. The predicted molar refractivity (Wildman–Crippen MR) is 114 cm³/mol. The molecule has 2 rings (SSSR count). The molecule has 5 heteroatoms. The van der Waals surface area contributed by atoms with E-state index in [1.807, 2.05) is 60.7 Å². The molecule has 0 aliphatic carbocycles. The van der Waals surface area contributed by atoms with E-state index in [1.165, 1.54) is 13.2 Å².